The minimum Gasteiger partial charge on any atom is -0.426 e. The summed E-state index contributed by atoms with van der Waals surface area (Å²) in [5.41, 5.74) is 1.19. The van der Waals surface area contributed by atoms with Gasteiger partial charge in [0.2, 0.25) is 0 Å². The third-order valence-corrected chi connectivity index (χ3v) is 8.17. The summed E-state index contributed by atoms with van der Waals surface area (Å²) in [7, 11) is 0. The molecule has 1 aromatic carbocycles. The number of ether oxygens (including phenoxy) is 1. The normalized spacial score (nSPS) is 35.2. The summed E-state index contributed by atoms with van der Waals surface area (Å²) in [6, 6.07) is 7.81. The Kier molecular flexibility index (Phi) is 6.77. The highest BCUT2D eigenvalue weighted by atomic mass is 16.5. The molecule has 0 radical (unpaired) electrons. The summed E-state index contributed by atoms with van der Waals surface area (Å²) in [5.74, 6) is 5.30. The Morgan fingerprint density at radius 1 is 0.828 bits per heavy atom. The zero-order valence-corrected chi connectivity index (χ0v) is 18.3. The van der Waals surface area contributed by atoms with Gasteiger partial charge in [0.1, 0.15) is 5.75 Å². The molecule has 0 aromatic heterocycles. The molecule has 0 N–H and O–H groups in total. The molecule has 2 heteroatoms. The van der Waals surface area contributed by atoms with Crippen LogP contribution >= 0.6 is 0 Å². The summed E-state index contributed by atoms with van der Waals surface area (Å²) >= 11 is 0. The molecule has 0 saturated heterocycles. The van der Waals surface area contributed by atoms with Crippen molar-refractivity contribution in [1.29, 1.82) is 0 Å². The Balaban J connectivity index is 1.24. The monoisotopic (exact) mass is 394 g/mol. The van der Waals surface area contributed by atoms with Crippen LogP contribution in [0.2, 0.25) is 0 Å². The number of fused-ring (bicyclic) bond motifs is 1. The molecule has 0 spiro atoms. The van der Waals surface area contributed by atoms with Crippen molar-refractivity contribution in [3.05, 3.63) is 42.0 Å². The molecule has 2 nitrogen and oxygen atoms in total. The zero-order valence-electron chi connectivity index (χ0n) is 18.3. The molecule has 0 amide bonds. The van der Waals surface area contributed by atoms with E-state index < -0.39 is 0 Å². The zero-order chi connectivity index (χ0) is 20.2. The predicted molar refractivity (Wildman–Crippen MR) is 119 cm³/mol. The molecule has 4 atom stereocenters. The van der Waals surface area contributed by atoms with E-state index in [1.54, 1.807) is 0 Å². The molecular formula is C27H38O2. The summed E-state index contributed by atoms with van der Waals surface area (Å²) in [4.78, 5) is 12.6. The van der Waals surface area contributed by atoms with Crippen LogP contribution in [-0.2, 0) is 4.79 Å². The number of aryl methyl sites for hydroxylation is 1. The van der Waals surface area contributed by atoms with Gasteiger partial charge < -0.3 is 4.74 Å². The second-order valence-electron chi connectivity index (χ2n) is 10.0. The number of hydrogen-bond donors (Lipinski definition) is 0. The van der Waals surface area contributed by atoms with E-state index in [1.165, 1.54) is 56.9 Å². The SMILES string of the molecule is C/C=C/C1CCC2CC(C3CCC(C(=O)Oc4ccc(C)cc4)CC3)CCC2C1. The fourth-order valence-electron chi connectivity index (χ4n) is 6.47. The Hall–Kier alpha value is -1.57. The standard InChI is InChI=1S/C27H38O2/c1-3-4-20-7-8-25-18-24(14-13-23(25)17-20)21-9-11-22(12-10-21)27(28)29-26-15-5-19(2)6-16-26/h3-6,15-16,20-25H,7-14,17-18H2,1-2H3/b4-3+. The van der Waals surface area contributed by atoms with E-state index in [9.17, 15) is 4.79 Å². The molecule has 3 aliphatic carbocycles. The van der Waals surface area contributed by atoms with Gasteiger partial charge in [-0.2, -0.15) is 0 Å². The highest BCUT2D eigenvalue weighted by Crippen LogP contribution is 2.49. The minimum absolute atomic E-state index is 0.0155. The van der Waals surface area contributed by atoms with Gasteiger partial charge >= 0.3 is 5.97 Å². The molecule has 29 heavy (non-hydrogen) atoms. The highest BCUT2D eigenvalue weighted by molar-refractivity contribution is 5.75. The number of rotatable bonds is 4. The van der Waals surface area contributed by atoms with Crippen molar-refractivity contribution >= 4 is 5.97 Å². The van der Waals surface area contributed by atoms with Crippen LogP contribution < -0.4 is 4.74 Å². The van der Waals surface area contributed by atoms with E-state index in [0.717, 1.165) is 42.4 Å². The van der Waals surface area contributed by atoms with Gasteiger partial charge in [-0.1, -0.05) is 29.8 Å². The van der Waals surface area contributed by atoms with E-state index in [-0.39, 0.29) is 11.9 Å². The van der Waals surface area contributed by atoms with E-state index in [0.29, 0.717) is 5.75 Å². The molecule has 3 saturated carbocycles. The lowest BCUT2D eigenvalue weighted by atomic mass is 9.61. The number of esters is 1. The van der Waals surface area contributed by atoms with Gasteiger partial charge in [0.05, 0.1) is 5.92 Å². The van der Waals surface area contributed by atoms with Crippen LogP contribution in [0.25, 0.3) is 0 Å². The largest absolute Gasteiger partial charge is 0.426 e. The quantitative estimate of drug-likeness (QED) is 0.309. The molecule has 3 fully saturated rings. The van der Waals surface area contributed by atoms with Crippen molar-refractivity contribution < 1.29 is 9.53 Å². The first-order valence-corrected chi connectivity index (χ1v) is 12.0. The van der Waals surface area contributed by atoms with Crippen LogP contribution in [0.4, 0.5) is 0 Å². The first-order chi connectivity index (χ1) is 14.1. The van der Waals surface area contributed by atoms with Gasteiger partial charge in [0, 0.05) is 0 Å². The molecule has 4 unspecified atom stereocenters. The van der Waals surface area contributed by atoms with Crippen molar-refractivity contribution in [1.82, 2.24) is 0 Å². The molecule has 0 heterocycles. The van der Waals surface area contributed by atoms with Crippen LogP contribution in [0, 0.1) is 42.4 Å². The third kappa shape index (κ3) is 5.13. The average Bonchev–Trinajstić information content (AvgIpc) is 2.75. The fourth-order valence-corrected chi connectivity index (χ4v) is 6.47. The van der Waals surface area contributed by atoms with Crippen LogP contribution in [0.1, 0.15) is 76.7 Å². The van der Waals surface area contributed by atoms with Crippen molar-refractivity contribution in [3.8, 4) is 5.75 Å². The maximum atomic E-state index is 12.6. The van der Waals surface area contributed by atoms with Gasteiger partial charge in [-0.05, 0) is 120 Å². The molecule has 3 aliphatic rings. The minimum atomic E-state index is -0.0155. The number of hydrogen-bond acceptors (Lipinski definition) is 2. The lowest BCUT2D eigenvalue weighted by Crippen LogP contribution is -2.35. The van der Waals surface area contributed by atoms with Crippen LogP contribution in [0.3, 0.4) is 0 Å². The topological polar surface area (TPSA) is 26.3 Å². The number of carbonyl (C=O) groups is 1. The molecule has 1 aromatic rings. The second-order valence-corrected chi connectivity index (χ2v) is 10.0. The van der Waals surface area contributed by atoms with Crippen LogP contribution in [0.5, 0.6) is 5.75 Å². The Labute approximate surface area is 177 Å². The van der Waals surface area contributed by atoms with Gasteiger partial charge in [-0.15, -0.1) is 0 Å². The highest BCUT2D eigenvalue weighted by Gasteiger charge is 2.39. The first kappa shape index (κ1) is 20.7. The Bertz CT molecular complexity index is 696. The van der Waals surface area contributed by atoms with Gasteiger partial charge in [-0.25, -0.2) is 0 Å². The number of benzene rings is 1. The molecule has 158 valence electrons. The van der Waals surface area contributed by atoms with Crippen molar-refractivity contribution in [3.63, 3.8) is 0 Å². The summed E-state index contributed by atoms with van der Waals surface area (Å²) in [5, 5.41) is 0. The van der Waals surface area contributed by atoms with E-state index in [4.69, 9.17) is 4.74 Å². The van der Waals surface area contributed by atoms with Crippen molar-refractivity contribution in [2.45, 2.75) is 78.1 Å². The smallest absolute Gasteiger partial charge is 0.314 e. The average molecular weight is 395 g/mol. The van der Waals surface area contributed by atoms with Crippen LogP contribution in [-0.4, -0.2) is 5.97 Å². The lowest BCUT2D eigenvalue weighted by molar-refractivity contribution is -0.140. The second kappa shape index (κ2) is 9.49. The molecule has 0 aliphatic heterocycles. The fraction of sp³-hybridized carbons (Fsp3) is 0.667. The molecular weight excluding hydrogens is 356 g/mol. The number of allylic oxidation sites excluding steroid dienone is 2. The van der Waals surface area contributed by atoms with Crippen molar-refractivity contribution in [2.24, 2.45) is 35.5 Å². The van der Waals surface area contributed by atoms with E-state index in [2.05, 4.69) is 19.1 Å². The Morgan fingerprint density at radius 2 is 1.41 bits per heavy atom. The lowest BCUT2D eigenvalue weighted by Gasteiger charge is -2.45. The van der Waals surface area contributed by atoms with Gasteiger partial charge in [0.15, 0.2) is 0 Å². The Morgan fingerprint density at radius 3 is 2.10 bits per heavy atom. The predicted octanol–water partition coefficient (Wildman–Crippen LogP) is 7.12. The van der Waals surface area contributed by atoms with Crippen molar-refractivity contribution in [2.75, 3.05) is 0 Å². The van der Waals surface area contributed by atoms with E-state index >= 15 is 0 Å². The van der Waals surface area contributed by atoms with Gasteiger partial charge in [0.25, 0.3) is 0 Å². The summed E-state index contributed by atoms with van der Waals surface area (Å²) in [6.45, 7) is 4.21. The summed E-state index contributed by atoms with van der Waals surface area (Å²) in [6.07, 6.45) is 17.8. The van der Waals surface area contributed by atoms with Crippen LogP contribution in [0.15, 0.2) is 36.4 Å². The summed E-state index contributed by atoms with van der Waals surface area (Å²) < 4.78 is 5.65. The maximum absolute atomic E-state index is 12.6. The number of carbonyl (C=O) groups excluding carboxylic acids is 1. The third-order valence-electron chi connectivity index (χ3n) is 8.17. The molecule has 4 rings (SSSR count). The maximum Gasteiger partial charge on any atom is 0.314 e. The first-order valence-electron chi connectivity index (χ1n) is 12.0. The molecule has 0 bridgehead atoms. The van der Waals surface area contributed by atoms with Gasteiger partial charge in [-0.3, -0.25) is 4.79 Å². The van der Waals surface area contributed by atoms with E-state index in [1.807, 2.05) is 31.2 Å².